The first-order chi connectivity index (χ1) is 10.8. The predicted molar refractivity (Wildman–Crippen MR) is 82.1 cm³/mol. The Morgan fingerprint density at radius 3 is 2.73 bits per heavy atom. The van der Waals surface area contributed by atoms with Gasteiger partial charge in [0, 0.05) is 11.8 Å². The first-order valence-corrected chi connectivity index (χ1v) is 6.93. The topological polar surface area (TPSA) is 82.7 Å². The molecule has 1 aliphatic rings. The van der Waals surface area contributed by atoms with Crippen molar-refractivity contribution in [2.24, 2.45) is 0 Å². The molecule has 4 rings (SSSR count). The number of H-pyrrole nitrogens is 1. The Bertz CT molecular complexity index is 827. The molecule has 108 valence electrons. The first kappa shape index (κ1) is 12.6. The standard InChI is InChI=1S/C16H13N5O/c22-16-11-6-7-17-9-13(11)19-15(20-16)12-8-18-21-14(12)10-4-2-1-3-5-10/h1-9,15,19H,(H,18,21)(H,20,22). The molecule has 1 unspecified atom stereocenters. The molecule has 2 aromatic heterocycles. The van der Waals surface area contributed by atoms with E-state index in [-0.39, 0.29) is 12.1 Å². The van der Waals surface area contributed by atoms with Crippen molar-refractivity contribution < 1.29 is 4.79 Å². The molecular formula is C16H13N5O. The van der Waals surface area contributed by atoms with Gasteiger partial charge in [-0.1, -0.05) is 30.3 Å². The van der Waals surface area contributed by atoms with Gasteiger partial charge in [0.2, 0.25) is 0 Å². The highest BCUT2D eigenvalue weighted by molar-refractivity contribution is 6.01. The van der Waals surface area contributed by atoms with Crippen LogP contribution in [0.15, 0.2) is 55.0 Å². The molecule has 0 saturated heterocycles. The lowest BCUT2D eigenvalue weighted by molar-refractivity contribution is 0.0935. The van der Waals surface area contributed by atoms with Gasteiger partial charge in [-0.3, -0.25) is 14.9 Å². The monoisotopic (exact) mass is 291 g/mol. The van der Waals surface area contributed by atoms with Gasteiger partial charge in [-0.2, -0.15) is 5.10 Å². The Labute approximate surface area is 126 Å². The van der Waals surface area contributed by atoms with E-state index in [9.17, 15) is 4.79 Å². The molecule has 1 amide bonds. The lowest BCUT2D eigenvalue weighted by atomic mass is 10.0. The zero-order valence-corrected chi connectivity index (χ0v) is 11.6. The molecule has 6 nitrogen and oxygen atoms in total. The number of carbonyl (C=O) groups is 1. The number of rotatable bonds is 2. The van der Waals surface area contributed by atoms with E-state index in [1.807, 2.05) is 30.3 Å². The number of nitrogens with one attached hydrogen (secondary N) is 3. The molecule has 3 heterocycles. The molecule has 0 bridgehead atoms. The van der Waals surface area contributed by atoms with Gasteiger partial charge in [0.1, 0.15) is 6.17 Å². The largest absolute Gasteiger partial charge is 0.360 e. The van der Waals surface area contributed by atoms with Crippen LogP contribution in [0.4, 0.5) is 5.69 Å². The maximum atomic E-state index is 12.2. The van der Waals surface area contributed by atoms with Crippen LogP contribution < -0.4 is 10.6 Å². The molecule has 1 aliphatic heterocycles. The third-order valence-electron chi connectivity index (χ3n) is 3.68. The van der Waals surface area contributed by atoms with Crippen molar-refractivity contribution in [2.75, 3.05) is 5.32 Å². The smallest absolute Gasteiger partial charge is 0.255 e. The van der Waals surface area contributed by atoms with Crippen LogP contribution in [0.3, 0.4) is 0 Å². The number of hydrogen-bond acceptors (Lipinski definition) is 4. The Hall–Kier alpha value is -3.15. The number of amides is 1. The fourth-order valence-electron chi connectivity index (χ4n) is 2.61. The Morgan fingerprint density at radius 1 is 1.00 bits per heavy atom. The van der Waals surface area contributed by atoms with Gasteiger partial charge in [0.15, 0.2) is 0 Å². The second-order valence-electron chi connectivity index (χ2n) is 5.04. The lowest BCUT2D eigenvalue weighted by Crippen LogP contribution is -2.38. The maximum absolute atomic E-state index is 12.2. The van der Waals surface area contributed by atoms with E-state index < -0.39 is 0 Å². The van der Waals surface area contributed by atoms with E-state index in [4.69, 9.17) is 0 Å². The number of benzene rings is 1. The summed E-state index contributed by atoms with van der Waals surface area (Å²) in [5, 5.41) is 13.4. The normalized spacial score (nSPS) is 16.5. The number of hydrogen-bond donors (Lipinski definition) is 3. The van der Waals surface area contributed by atoms with Gasteiger partial charge in [0.05, 0.1) is 29.3 Å². The van der Waals surface area contributed by atoms with Crippen LogP contribution in [0.1, 0.15) is 22.1 Å². The van der Waals surface area contributed by atoms with Crippen LogP contribution in [0, 0.1) is 0 Å². The minimum atomic E-state index is -0.349. The van der Waals surface area contributed by atoms with E-state index in [1.165, 1.54) is 0 Å². The molecule has 0 aliphatic carbocycles. The number of anilines is 1. The summed E-state index contributed by atoms with van der Waals surface area (Å²) in [6, 6.07) is 11.6. The number of nitrogens with zero attached hydrogens (tertiary/aromatic N) is 2. The van der Waals surface area contributed by atoms with Crippen molar-refractivity contribution in [1.82, 2.24) is 20.5 Å². The van der Waals surface area contributed by atoms with E-state index in [2.05, 4.69) is 25.8 Å². The fraction of sp³-hybridized carbons (Fsp3) is 0.0625. The summed E-state index contributed by atoms with van der Waals surface area (Å²) in [6.07, 6.45) is 4.64. The molecule has 22 heavy (non-hydrogen) atoms. The fourth-order valence-corrected chi connectivity index (χ4v) is 2.61. The van der Waals surface area contributed by atoms with Crippen molar-refractivity contribution in [3.8, 4) is 11.3 Å². The van der Waals surface area contributed by atoms with Crippen molar-refractivity contribution in [3.63, 3.8) is 0 Å². The minimum Gasteiger partial charge on any atom is -0.360 e. The zero-order chi connectivity index (χ0) is 14.9. The molecule has 1 atom stereocenters. The average molecular weight is 291 g/mol. The Balaban J connectivity index is 1.73. The zero-order valence-electron chi connectivity index (χ0n) is 11.6. The number of fused-ring (bicyclic) bond motifs is 1. The van der Waals surface area contributed by atoms with Gasteiger partial charge < -0.3 is 10.6 Å². The Morgan fingerprint density at radius 2 is 1.86 bits per heavy atom. The van der Waals surface area contributed by atoms with E-state index in [0.717, 1.165) is 22.5 Å². The SMILES string of the molecule is O=C1NC(c2cn[nH]c2-c2ccccc2)Nc2cnccc21. The number of aromatic nitrogens is 3. The van der Waals surface area contributed by atoms with Crippen LogP contribution in [0.5, 0.6) is 0 Å². The summed E-state index contributed by atoms with van der Waals surface area (Å²) in [6.45, 7) is 0. The highest BCUT2D eigenvalue weighted by atomic mass is 16.2. The lowest BCUT2D eigenvalue weighted by Gasteiger charge is -2.27. The summed E-state index contributed by atoms with van der Waals surface area (Å²) >= 11 is 0. The molecule has 0 fully saturated rings. The predicted octanol–water partition coefficient (Wildman–Crippen LogP) is 2.33. The summed E-state index contributed by atoms with van der Waals surface area (Å²) in [4.78, 5) is 16.3. The summed E-state index contributed by atoms with van der Waals surface area (Å²) < 4.78 is 0. The first-order valence-electron chi connectivity index (χ1n) is 6.93. The summed E-state index contributed by atoms with van der Waals surface area (Å²) in [7, 11) is 0. The summed E-state index contributed by atoms with van der Waals surface area (Å²) in [5.74, 6) is -0.124. The van der Waals surface area contributed by atoms with Gasteiger partial charge in [-0.25, -0.2) is 0 Å². The van der Waals surface area contributed by atoms with Crippen LogP contribution in [0.2, 0.25) is 0 Å². The van der Waals surface area contributed by atoms with Crippen LogP contribution in [-0.2, 0) is 0 Å². The number of aromatic amines is 1. The van der Waals surface area contributed by atoms with Crippen molar-refractivity contribution >= 4 is 11.6 Å². The summed E-state index contributed by atoms with van der Waals surface area (Å²) in [5.41, 5.74) is 4.09. The molecule has 0 saturated carbocycles. The molecule has 1 aromatic carbocycles. The van der Waals surface area contributed by atoms with Gasteiger partial charge in [-0.15, -0.1) is 0 Å². The number of pyridine rings is 1. The van der Waals surface area contributed by atoms with Crippen LogP contribution in [0.25, 0.3) is 11.3 Å². The van der Waals surface area contributed by atoms with Crippen molar-refractivity contribution in [3.05, 3.63) is 66.1 Å². The molecule has 3 N–H and O–H groups in total. The van der Waals surface area contributed by atoms with E-state index in [1.54, 1.807) is 24.7 Å². The van der Waals surface area contributed by atoms with Gasteiger partial charge in [0.25, 0.3) is 5.91 Å². The van der Waals surface area contributed by atoms with Gasteiger partial charge in [-0.05, 0) is 11.6 Å². The molecule has 0 radical (unpaired) electrons. The number of carbonyl (C=O) groups excluding carboxylic acids is 1. The quantitative estimate of drug-likeness (QED) is 0.676. The average Bonchev–Trinajstić information content (AvgIpc) is 3.05. The maximum Gasteiger partial charge on any atom is 0.255 e. The van der Waals surface area contributed by atoms with Gasteiger partial charge >= 0.3 is 0 Å². The second-order valence-corrected chi connectivity index (χ2v) is 5.04. The second kappa shape index (κ2) is 5.00. The molecule has 3 aromatic rings. The van der Waals surface area contributed by atoms with Crippen LogP contribution in [-0.4, -0.2) is 21.1 Å². The van der Waals surface area contributed by atoms with E-state index in [0.29, 0.717) is 5.56 Å². The van der Waals surface area contributed by atoms with Crippen LogP contribution >= 0.6 is 0 Å². The third kappa shape index (κ3) is 2.01. The molecular weight excluding hydrogens is 278 g/mol. The Kier molecular flexibility index (Phi) is 2.86. The molecule has 0 spiro atoms. The highest BCUT2D eigenvalue weighted by Gasteiger charge is 2.27. The minimum absolute atomic E-state index is 0.124. The third-order valence-corrected chi connectivity index (χ3v) is 3.68. The van der Waals surface area contributed by atoms with Crippen molar-refractivity contribution in [2.45, 2.75) is 6.17 Å². The van der Waals surface area contributed by atoms with Crippen molar-refractivity contribution in [1.29, 1.82) is 0 Å². The highest BCUT2D eigenvalue weighted by Crippen LogP contribution is 2.30. The molecule has 6 heteroatoms. The van der Waals surface area contributed by atoms with E-state index >= 15 is 0 Å².